The summed E-state index contributed by atoms with van der Waals surface area (Å²) < 4.78 is 45.1. The standard InChI is InChI=1S/C17H22FN5O3S/c18-15-3-1-2-14(10-15)13-27(24,25)21-5-4-19-17-11-16(12-20-22-17)23-6-8-26-9-7-23/h1-3,10-12,21H,4-9,13H2,(H,19,22). The Kier molecular flexibility index (Phi) is 6.54. The third-order valence-electron chi connectivity index (χ3n) is 4.02. The summed E-state index contributed by atoms with van der Waals surface area (Å²) in [6.45, 7) is 3.48. The molecule has 2 N–H and O–H groups in total. The number of nitrogens with zero attached hydrogens (tertiary/aromatic N) is 3. The zero-order valence-electron chi connectivity index (χ0n) is 14.8. The zero-order valence-corrected chi connectivity index (χ0v) is 15.6. The molecule has 1 saturated heterocycles. The van der Waals surface area contributed by atoms with Crippen molar-refractivity contribution in [1.82, 2.24) is 14.9 Å². The van der Waals surface area contributed by atoms with Gasteiger partial charge in [0.1, 0.15) is 5.82 Å². The number of rotatable bonds is 8. The largest absolute Gasteiger partial charge is 0.378 e. The Hall–Kier alpha value is -2.30. The van der Waals surface area contributed by atoms with Crippen LogP contribution in [0.25, 0.3) is 0 Å². The fraction of sp³-hybridized carbons (Fsp3) is 0.412. The van der Waals surface area contributed by atoms with E-state index >= 15 is 0 Å². The number of benzene rings is 1. The molecule has 1 aromatic carbocycles. The molecule has 3 rings (SSSR count). The van der Waals surface area contributed by atoms with Gasteiger partial charge in [0.25, 0.3) is 0 Å². The molecule has 0 unspecified atom stereocenters. The topological polar surface area (TPSA) is 96.5 Å². The lowest BCUT2D eigenvalue weighted by Gasteiger charge is -2.28. The first-order chi connectivity index (χ1) is 13.0. The van der Waals surface area contributed by atoms with Crippen molar-refractivity contribution < 1.29 is 17.5 Å². The Morgan fingerprint density at radius 3 is 2.78 bits per heavy atom. The minimum atomic E-state index is -3.55. The van der Waals surface area contributed by atoms with Gasteiger partial charge in [0, 0.05) is 32.2 Å². The lowest BCUT2D eigenvalue weighted by molar-refractivity contribution is 0.122. The molecule has 0 saturated carbocycles. The number of hydrogen-bond acceptors (Lipinski definition) is 7. The highest BCUT2D eigenvalue weighted by Gasteiger charge is 2.13. The monoisotopic (exact) mass is 395 g/mol. The van der Waals surface area contributed by atoms with Crippen molar-refractivity contribution in [2.24, 2.45) is 0 Å². The van der Waals surface area contributed by atoms with Gasteiger partial charge in [-0.1, -0.05) is 12.1 Å². The number of aromatic nitrogens is 2. The van der Waals surface area contributed by atoms with E-state index in [-0.39, 0.29) is 12.3 Å². The molecule has 0 atom stereocenters. The molecule has 0 amide bonds. The summed E-state index contributed by atoms with van der Waals surface area (Å²) >= 11 is 0. The molecular weight excluding hydrogens is 373 g/mol. The van der Waals surface area contributed by atoms with Crippen LogP contribution < -0.4 is 14.9 Å². The van der Waals surface area contributed by atoms with Crippen molar-refractivity contribution in [2.45, 2.75) is 5.75 Å². The molecule has 1 aliphatic heterocycles. The summed E-state index contributed by atoms with van der Waals surface area (Å²) in [5, 5.41) is 11.0. The van der Waals surface area contributed by atoms with E-state index in [1.165, 1.54) is 18.2 Å². The van der Waals surface area contributed by atoms with E-state index in [1.807, 2.05) is 6.07 Å². The SMILES string of the molecule is O=S(=O)(Cc1cccc(F)c1)NCCNc1cc(N2CCOCC2)cnn1. The van der Waals surface area contributed by atoms with Gasteiger partial charge in [0.05, 0.1) is 30.9 Å². The van der Waals surface area contributed by atoms with Crippen molar-refractivity contribution in [3.63, 3.8) is 0 Å². The van der Waals surface area contributed by atoms with Crippen molar-refractivity contribution in [1.29, 1.82) is 0 Å². The smallest absolute Gasteiger partial charge is 0.215 e. The molecule has 1 aliphatic rings. The molecule has 8 nitrogen and oxygen atoms in total. The van der Waals surface area contributed by atoms with Crippen molar-refractivity contribution in [3.8, 4) is 0 Å². The highest BCUT2D eigenvalue weighted by molar-refractivity contribution is 7.88. The fourth-order valence-electron chi connectivity index (χ4n) is 2.73. The van der Waals surface area contributed by atoms with Gasteiger partial charge >= 0.3 is 0 Å². The first-order valence-corrected chi connectivity index (χ1v) is 10.3. The molecule has 10 heteroatoms. The molecule has 0 aliphatic carbocycles. The number of nitrogens with one attached hydrogen (secondary N) is 2. The molecule has 1 fully saturated rings. The Morgan fingerprint density at radius 1 is 1.19 bits per heavy atom. The Balaban J connectivity index is 1.47. The van der Waals surface area contributed by atoms with Crippen LogP contribution in [0.1, 0.15) is 5.56 Å². The van der Waals surface area contributed by atoms with E-state index in [4.69, 9.17) is 4.74 Å². The van der Waals surface area contributed by atoms with Crippen LogP contribution in [0.15, 0.2) is 36.5 Å². The second-order valence-electron chi connectivity index (χ2n) is 6.11. The number of ether oxygens (including phenoxy) is 1. The maximum atomic E-state index is 13.2. The minimum Gasteiger partial charge on any atom is -0.378 e. The number of halogens is 1. The highest BCUT2D eigenvalue weighted by atomic mass is 32.2. The Bertz CT molecular complexity index is 859. The molecule has 2 aromatic rings. The lowest BCUT2D eigenvalue weighted by Crippen LogP contribution is -2.36. The van der Waals surface area contributed by atoms with Crippen molar-refractivity contribution >= 4 is 21.5 Å². The maximum Gasteiger partial charge on any atom is 0.215 e. The van der Waals surface area contributed by atoms with Gasteiger partial charge in [-0.05, 0) is 17.7 Å². The van der Waals surface area contributed by atoms with E-state index in [9.17, 15) is 12.8 Å². The van der Waals surface area contributed by atoms with Crippen LogP contribution in [-0.2, 0) is 20.5 Å². The van der Waals surface area contributed by atoms with Crippen LogP contribution in [-0.4, -0.2) is 58.0 Å². The third kappa shape index (κ3) is 6.12. The summed E-state index contributed by atoms with van der Waals surface area (Å²) in [7, 11) is -3.55. The fourth-order valence-corrected chi connectivity index (χ4v) is 3.87. The molecule has 1 aromatic heterocycles. The normalized spacial score (nSPS) is 14.9. The average Bonchev–Trinajstić information content (AvgIpc) is 2.66. The quantitative estimate of drug-likeness (QED) is 0.643. The van der Waals surface area contributed by atoms with Gasteiger partial charge < -0.3 is 15.0 Å². The number of morpholine rings is 1. The van der Waals surface area contributed by atoms with Gasteiger partial charge in [-0.3, -0.25) is 0 Å². The van der Waals surface area contributed by atoms with Gasteiger partial charge in [0.15, 0.2) is 5.82 Å². The molecule has 0 spiro atoms. The predicted octanol–water partition coefficient (Wildman–Crippen LogP) is 0.984. The van der Waals surface area contributed by atoms with Crippen LogP contribution in [0.5, 0.6) is 0 Å². The maximum absolute atomic E-state index is 13.2. The molecule has 146 valence electrons. The number of sulfonamides is 1. The van der Waals surface area contributed by atoms with Crippen LogP contribution >= 0.6 is 0 Å². The van der Waals surface area contributed by atoms with Gasteiger partial charge in [-0.25, -0.2) is 17.5 Å². The first-order valence-electron chi connectivity index (χ1n) is 8.63. The van der Waals surface area contributed by atoms with Gasteiger partial charge in [-0.2, -0.15) is 5.10 Å². The van der Waals surface area contributed by atoms with Crippen LogP contribution in [0, 0.1) is 5.82 Å². The molecule has 27 heavy (non-hydrogen) atoms. The van der Waals surface area contributed by atoms with Crippen molar-refractivity contribution in [3.05, 3.63) is 47.9 Å². The lowest BCUT2D eigenvalue weighted by atomic mass is 10.2. The van der Waals surface area contributed by atoms with E-state index in [0.29, 0.717) is 31.1 Å². The summed E-state index contributed by atoms with van der Waals surface area (Å²) in [5.74, 6) is -0.150. The van der Waals surface area contributed by atoms with Crippen LogP contribution in [0.3, 0.4) is 0 Å². The molecule has 0 bridgehead atoms. The molecule has 0 radical (unpaired) electrons. The number of hydrogen-bond donors (Lipinski definition) is 2. The Morgan fingerprint density at radius 2 is 2.00 bits per heavy atom. The van der Waals surface area contributed by atoms with Crippen LogP contribution in [0.2, 0.25) is 0 Å². The van der Waals surface area contributed by atoms with E-state index in [0.717, 1.165) is 18.8 Å². The van der Waals surface area contributed by atoms with Crippen LogP contribution in [0.4, 0.5) is 15.9 Å². The van der Waals surface area contributed by atoms with Gasteiger partial charge in [-0.15, -0.1) is 5.10 Å². The summed E-state index contributed by atoms with van der Waals surface area (Å²) in [5.41, 5.74) is 1.35. The second-order valence-corrected chi connectivity index (χ2v) is 7.92. The Labute approximate surface area is 157 Å². The summed E-state index contributed by atoms with van der Waals surface area (Å²) in [4.78, 5) is 2.16. The third-order valence-corrected chi connectivity index (χ3v) is 5.37. The van der Waals surface area contributed by atoms with E-state index in [2.05, 4.69) is 25.1 Å². The van der Waals surface area contributed by atoms with Gasteiger partial charge in [0.2, 0.25) is 10.0 Å². The van der Waals surface area contributed by atoms with E-state index in [1.54, 1.807) is 12.3 Å². The minimum absolute atomic E-state index is 0.182. The highest BCUT2D eigenvalue weighted by Crippen LogP contribution is 2.16. The van der Waals surface area contributed by atoms with E-state index < -0.39 is 15.8 Å². The number of anilines is 2. The summed E-state index contributed by atoms with van der Waals surface area (Å²) in [6.07, 6.45) is 1.69. The first kappa shape index (κ1) is 19.5. The molecular formula is C17H22FN5O3S. The van der Waals surface area contributed by atoms with Crippen molar-refractivity contribution in [2.75, 3.05) is 49.6 Å². The second kappa shape index (κ2) is 9.07. The zero-order chi connectivity index (χ0) is 19.1. The molecule has 2 heterocycles. The predicted molar refractivity (Wildman–Crippen MR) is 101 cm³/mol. The summed E-state index contributed by atoms with van der Waals surface area (Å²) in [6, 6.07) is 7.43. The average molecular weight is 395 g/mol.